The van der Waals surface area contributed by atoms with E-state index in [1.807, 2.05) is 36.4 Å². The van der Waals surface area contributed by atoms with Crippen LogP contribution in [-0.2, 0) is 17.9 Å². The van der Waals surface area contributed by atoms with Gasteiger partial charge in [0.15, 0.2) is 0 Å². The summed E-state index contributed by atoms with van der Waals surface area (Å²) in [6, 6.07) is 20.7. The van der Waals surface area contributed by atoms with Gasteiger partial charge >= 0.3 is 0 Å². The molecule has 2 aromatic carbocycles. The third-order valence-corrected chi connectivity index (χ3v) is 4.02. The fourth-order valence-electron chi connectivity index (χ4n) is 2.89. The maximum absolute atomic E-state index is 11.7. The van der Waals surface area contributed by atoms with E-state index in [-0.39, 0.29) is 0 Å². The molecule has 0 heterocycles. The monoisotopic (exact) mass is 306 g/mol. The van der Waals surface area contributed by atoms with Crippen molar-refractivity contribution in [3.63, 3.8) is 0 Å². The number of hydrogen-bond acceptors (Lipinski definition) is 3. The number of rotatable bonds is 5. The van der Waals surface area contributed by atoms with Crippen LogP contribution in [0.5, 0.6) is 0 Å². The molecule has 0 spiro atoms. The normalized spacial score (nSPS) is 16.5. The van der Waals surface area contributed by atoms with Crippen LogP contribution in [0.4, 0.5) is 0 Å². The number of hydrogen-bond donors (Lipinski definition) is 0. The topological polar surface area (TPSA) is 32.7 Å². The fourth-order valence-corrected chi connectivity index (χ4v) is 2.89. The zero-order chi connectivity index (χ0) is 15.9. The number of ketones is 1. The van der Waals surface area contributed by atoms with Crippen molar-refractivity contribution in [2.45, 2.75) is 38.8 Å². The first-order chi connectivity index (χ1) is 11.3. The summed E-state index contributed by atoms with van der Waals surface area (Å²) in [6.07, 6.45) is 3.09. The third-order valence-electron chi connectivity index (χ3n) is 4.02. The van der Waals surface area contributed by atoms with Gasteiger partial charge in [-0.1, -0.05) is 60.7 Å². The maximum atomic E-state index is 11.7. The van der Waals surface area contributed by atoms with Crippen molar-refractivity contribution in [1.29, 1.82) is 0 Å². The standard InChI is InChI=1S/C20H22N2O/c23-20-13-7-12-19(14-20)21-22(15-17-8-3-1-4-9-17)16-18-10-5-2-6-11-18/h1-6,8-11H,7,12-16H2. The quantitative estimate of drug-likeness (QED) is 0.776. The molecule has 1 aliphatic carbocycles. The highest BCUT2D eigenvalue weighted by Crippen LogP contribution is 2.16. The van der Waals surface area contributed by atoms with Gasteiger partial charge in [0.25, 0.3) is 0 Å². The molecule has 1 fully saturated rings. The van der Waals surface area contributed by atoms with E-state index in [4.69, 9.17) is 5.10 Å². The fraction of sp³-hybridized carbons (Fsp3) is 0.300. The van der Waals surface area contributed by atoms with Crippen molar-refractivity contribution in [3.05, 3.63) is 71.8 Å². The molecule has 1 saturated carbocycles. The molecule has 0 atom stereocenters. The van der Waals surface area contributed by atoms with Crippen molar-refractivity contribution in [2.24, 2.45) is 5.10 Å². The van der Waals surface area contributed by atoms with Crippen molar-refractivity contribution < 1.29 is 4.79 Å². The molecule has 1 aliphatic rings. The van der Waals surface area contributed by atoms with Crippen molar-refractivity contribution in [2.75, 3.05) is 0 Å². The molecular weight excluding hydrogens is 284 g/mol. The molecule has 0 aliphatic heterocycles. The SMILES string of the molecule is O=C1CCCC(=NN(Cc2ccccc2)Cc2ccccc2)C1. The van der Waals surface area contributed by atoms with Crippen molar-refractivity contribution in [3.8, 4) is 0 Å². The minimum absolute atomic E-state index is 0.314. The summed E-state index contributed by atoms with van der Waals surface area (Å²) in [7, 11) is 0. The average Bonchev–Trinajstić information content (AvgIpc) is 2.57. The minimum atomic E-state index is 0.314. The molecule has 0 aromatic heterocycles. The molecule has 23 heavy (non-hydrogen) atoms. The lowest BCUT2D eigenvalue weighted by molar-refractivity contribution is -0.118. The van der Waals surface area contributed by atoms with E-state index < -0.39 is 0 Å². The minimum Gasteiger partial charge on any atom is -0.299 e. The largest absolute Gasteiger partial charge is 0.299 e. The molecule has 0 unspecified atom stereocenters. The summed E-state index contributed by atoms with van der Waals surface area (Å²) in [5.74, 6) is 0.314. The molecule has 0 radical (unpaired) electrons. The summed E-state index contributed by atoms with van der Waals surface area (Å²) >= 11 is 0. The van der Waals surface area contributed by atoms with Crippen LogP contribution in [0.15, 0.2) is 65.8 Å². The zero-order valence-corrected chi connectivity index (χ0v) is 13.3. The van der Waals surface area contributed by atoms with Crippen molar-refractivity contribution >= 4 is 11.5 Å². The second-order valence-electron chi connectivity index (χ2n) is 6.03. The van der Waals surface area contributed by atoms with E-state index in [2.05, 4.69) is 29.3 Å². The summed E-state index contributed by atoms with van der Waals surface area (Å²) in [6.45, 7) is 1.51. The van der Waals surface area contributed by atoms with Crippen LogP contribution in [0.3, 0.4) is 0 Å². The van der Waals surface area contributed by atoms with E-state index in [9.17, 15) is 4.79 Å². The molecule has 3 rings (SSSR count). The second-order valence-corrected chi connectivity index (χ2v) is 6.03. The van der Waals surface area contributed by atoms with Gasteiger partial charge in [-0.15, -0.1) is 0 Å². The van der Waals surface area contributed by atoms with Crippen LogP contribution in [0.1, 0.15) is 36.8 Å². The maximum Gasteiger partial charge on any atom is 0.138 e. The third kappa shape index (κ3) is 4.78. The number of carbonyl (C=O) groups is 1. The zero-order valence-electron chi connectivity index (χ0n) is 13.3. The van der Waals surface area contributed by atoms with E-state index in [0.717, 1.165) is 31.6 Å². The molecule has 2 aromatic rings. The molecule has 118 valence electrons. The number of hydrazone groups is 1. The van der Waals surface area contributed by atoms with E-state index in [0.29, 0.717) is 18.6 Å². The number of Topliss-reactive ketones (excluding diaryl/α,β-unsaturated/α-hetero) is 1. The van der Waals surface area contributed by atoms with Gasteiger partial charge in [-0.25, -0.2) is 0 Å². The van der Waals surface area contributed by atoms with Crippen LogP contribution < -0.4 is 0 Å². The highest BCUT2D eigenvalue weighted by atomic mass is 16.1. The Balaban J connectivity index is 1.77. The Morgan fingerprint density at radius 3 is 1.91 bits per heavy atom. The molecule has 0 saturated heterocycles. The Labute approximate surface area is 137 Å². The van der Waals surface area contributed by atoms with Gasteiger partial charge in [0.2, 0.25) is 0 Å². The van der Waals surface area contributed by atoms with E-state index >= 15 is 0 Å². The predicted octanol–water partition coefficient (Wildman–Crippen LogP) is 4.19. The van der Waals surface area contributed by atoms with E-state index in [1.165, 1.54) is 11.1 Å². The average molecular weight is 306 g/mol. The van der Waals surface area contributed by atoms with E-state index in [1.54, 1.807) is 0 Å². The van der Waals surface area contributed by atoms with Gasteiger partial charge in [0.1, 0.15) is 5.78 Å². The highest BCUT2D eigenvalue weighted by Gasteiger charge is 2.16. The van der Waals surface area contributed by atoms with Crippen LogP contribution >= 0.6 is 0 Å². The van der Waals surface area contributed by atoms with Crippen LogP contribution in [0.25, 0.3) is 0 Å². The van der Waals surface area contributed by atoms with Gasteiger partial charge in [-0.05, 0) is 24.0 Å². The number of nitrogens with zero attached hydrogens (tertiary/aromatic N) is 2. The van der Waals surface area contributed by atoms with Crippen molar-refractivity contribution in [1.82, 2.24) is 5.01 Å². The lowest BCUT2D eigenvalue weighted by Gasteiger charge is -2.22. The summed E-state index contributed by atoms with van der Waals surface area (Å²) in [5, 5.41) is 6.89. The van der Waals surface area contributed by atoms with Gasteiger partial charge in [0, 0.05) is 18.6 Å². The molecule has 3 nitrogen and oxygen atoms in total. The summed E-state index contributed by atoms with van der Waals surface area (Å²) in [5.41, 5.74) is 3.48. The lowest BCUT2D eigenvalue weighted by Crippen LogP contribution is -2.22. The van der Waals surface area contributed by atoms with Gasteiger partial charge in [0.05, 0.1) is 13.1 Å². The summed E-state index contributed by atoms with van der Waals surface area (Å²) < 4.78 is 0. The molecular formula is C20H22N2O. The Kier molecular flexibility index (Phi) is 5.20. The first-order valence-electron chi connectivity index (χ1n) is 8.20. The smallest absolute Gasteiger partial charge is 0.138 e. The number of carbonyl (C=O) groups excluding carboxylic acids is 1. The summed E-state index contributed by atoms with van der Waals surface area (Å²) in [4.78, 5) is 11.7. The van der Waals surface area contributed by atoms with Gasteiger partial charge in [-0.3, -0.25) is 9.80 Å². The Morgan fingerprint density at radius 1 is 0.826 bits per heavy atom. The van der Waals surface area contributed by atoms with Gasteiger partial charge < -0.3 is 0 Å². The number of benzene rings is 2. The van der Waals surface area contributed by atoms with Crippen LogP contribution in [0.2, 0.25) is 0 Å². The Morgan fingerprint density at radius 2 is 1.39 bits per heavy atom. The van der Waals surface area contributed by atoms with Crippen LogP contribution in [-0.4, -0.2) is 16.5 Å². The predicted molar refractivity (Wildman–Crippen MR) is 93.0 cm³/mol. The highest BCUT2D eigenvalue weighted by molar-refractivity contribution is 6.03. The molecule has 0 N–H and O–H groups in total. The Bertz CT molecular complexity index is 623. The van der Waals surface area contributed by atoms with Gasteiger partial charge in [-0.2, -0.15) is 5.10 Å². The lowest BCUT2D eigenvalue weighted by atomic mass is 9.97. The second kappa shape index (κ2) is 7.73. The first-order valence-corrected chi connectivity index (χ1v) is 8.20. The first kappa shape index (κ1) is 15.5. The van der Waals surface area contributed by atoms with Crippen LogP contribution in [0, 0.1) is 0 Å². The molecule has 0 bridgehead atoms. The Hall–Kier alpha value is -2.42. The molecule has 0 amide bonds. The molecule has 3 heteroatoms.